The smallest absolute Gasteiger partial charge is 0.326 e. The average molecular weight is 303 g/mol. The largest absolute Gasteiger partial charge is 0.483 e. The van der Waals surface area contributed by atoms with Crippen LogP contribution in [0.25, 0.3) is 0 Å². The number of H-pyrrole nitrogens is 1. The molecule has 1 heterocycles. The quantitative estimate of drug-likeness (QED) is 0.520. The lowest BCUT2D eigenvalue weighted by Gasteiger charge is -2.13. The summed E-state index contributed by atoms with van der Waals surface area (Å²) in [5, 5.41) is 18.4. The molecule has 0 saturated heterocycles. The van der Waals surface area contributed by atoms with Gasteiger partial charge < -0.3 is 20.5 Å². The second-order valence-corrected chi connectivity index (χ2v) is 4.76. The van der Waals surface area contributed by atoms with E-state index in [4.69, 9.17) is 15.0 Å². The SMILES string of the molecule is CCSCC(=O)N[C@@H](Cc1cnc[nH]1)C(=O)O.O=CO. The lowest BCUT2D eigenvalue weighted by atomic mass is 10.1. The van der Waals surface area contributed by atoms with Crippen molar-refractivity contribution >= 4 is 30.1 Å². The predicted octanol–water partition coefficient (Wildman–Crippen LogP) is -0.0245. The van der Waals surface area contributed by atoms with E-state index in [9.17, 15) is 9.59 Å². The zero-order valence-electron chi connectivity index (χ0n) is 10.9. The molecule has 20 heavy (non-hydrogen) atoms. The third-order valence-electron chi connectivity index (χ3n) is 2.05. The molecule has 0 radical (unpaired) electrons. The molecule has 112 valence electrons. The van der Waals surface area contributed by atoms with E-state index < -0.39 is 12.0 Å². The fourth-order valence-corrected chi connectivity index (χ4v) is 1.72. The summed E-state index contributed by atoms with van der Waals surface area (Å²) in [5.41, 5.74) is 0.681. The number of imidazole rings is 1. The van der Waals surface area contributed by atoms with Crippen LogP contribution in [0, 0.1) is 0 Å². The van der Waals surface area contributed by atoms with Gasteiger partial charge in [0.15, 0.2) is 0 Å². The summed E-state index contributed by atoms with van der Waals surface area (Å²) in [7, 11) is 0. The number of aromatic nitrogens is 2. The van der Waals surface area contributed by atoms with Crippen molar-refractivity contribution in [3.63, 3.8) is 0 Å². The lowest BCUT2D eigenvalue weighted by Crippen LogP contribution is -2.43. The molecule has 0 unspecified atom stereocenters. The summed E-state index contributed by atoms with van der Waals surface area (Å²) >= 11 is 1.45. The molecule has 4 N–H and O–H groups in total. The number of hydrogen-bond acceptors (Lipinski definition) is 5. The lowest BCUT2D eigenvalue weighted by molar-refractivity contribution is -0.141. The molecular weight excluding hydrogens is 286 g/mol. The van der Waals surface area contributed by atoms with Crippen LogP contribution < -0.4 is 5.32 Å². The Balaban J connectivity index is 0.00000110. The highest BCUT2D eigenvalue weighted by Gasteiger charge is 2.20. The van der Waals surface area contributed by atoms with E-state index in [1.807, 2.05) is 6.92 Å². The molecule has 9 heteroatoms. The molecule has 0 saturated carbocycles. The van der Waals surface area contributed by atoms with Crippen LogP contribution in [0.4, 0.5) is 0 Å². The number of nitrogens with zero attached hydrogens (tertiary/aromatic N) is 1. The molecule has 0 bridgehead atoms. The summed E-state index contributed by atoms with van der Waals surface area (Å²) in [4.78, 5) is 37.4. The van der Waals surface area contributed by atoms with Crippen LogP contribution in [0.2, 0.25) is 0 Å². The Hall–Kier alpha value is -2.03. The number of carbonyl (C=O) groups excluding carboxylic acids is 1. The number of thioether (sulfide) groups is 1. The molecule has 1 atom stereocenters. The average Bonchev–Trinajstić information content (AvgIpc) is 2.89. The molecule has 1 aromatic rings. The van der Waals surface area contributed by atoms with Crippen LogP contribution in [0.3, 0.4) is 0 Å². The first kappa shape index (κ1) is 18.0. The Morgan fingerprint density at radius 2 is 2.25 bits per heavy atom. The zero-order chi connectivity index (χ0) is 15.4. The molecule has 8 nitrogen and oxygen atoms in total. The molecule has 1 rings (SSSR count). The van der Waals surface area contributed by atoms with Crippen molar-refractivity contribution in [1.29, 1.82) is 0 Å². The molecular formula is C11H17N3O5S. The summed E-state index contributed by atoms with van der Waals surface area (Å²) < 4.78 is 0. The van der Waals surface area contributed by atoms with Gasteiger partial charge in [0.05, 0.1) is 12.1 Å². The number of hydrogen-bond donors (Lipinski definition) is 4. The van der Waals surface area contributed by atoms with Gasteiger partial charge in [0, 0.05) is 18.3 Å². The maximum Gasteiger partial charge on any atom is 0.326 e. The molecule has 0 aromatic carbocycles. The number of rotatable bonds is 7. The zero-order valence-corrected chi connectivity index (χ0v) is 11.7. The van der Waals surface area contributed by atoms with E-state index >= 15 is 0 Å². The highest BCUT2D eigenvalue weighted by Crippen LogP contribution is 2.01. The van der Waals surface area contributed by atoms with Crippen molar-refractivity contribution in [2.75, 3.05) is 11.5 Å². The number of aliphatic carboxylic acids is 1. The number of amides is 1. The van der Waals surface area contributed by atoms with Gasteiger partial charge in [-0.1, -0.05) is 6.92 Å². The minimum atomic E-state index is -1.05. The Labute approximate surface area is 120 Å². The maximum absolute atomic E-state index is 11.4. The number of carboxylic acid groups (broad SMARTS) is 2. The molecule has 0 spiro atoms. The first-order valence-electron chi connectivity index (χ1n) is 5.70. The van der Waals surface area contributed by atoms with Gasteiger partial charge in [-0.15, -0.1) is 0 Å². The third kappa shape index (κ3) is 8.14. The standard InChI is InChI=1S/C10H15N3O3S.CH2O2/c1-2-17-5-9(14)13-8(10(15)16)3-7-4-11-6-12-7;2-1-3/h4,6,8H,2-3,5H2,1H3,(H,11,12)(H,13,14)(H,15,16);1H,(H,2,3)/t8-;/m0./s1. The first-order chi connectivity index (χ1) is 9.54. The van der Waals surface area contributed by atoms with Gasteiger partial charge in [-0.3, -0.25) is 9.59 Å². The van der Waals surface area contributed by atoms with Crippen LogP contribution in [-0.2, 0) is 20.8 Å². The first-order valence-corrected chi connectivity index (χ1v) is 6.85. The van der Waals surface area contributed by atoms with E-state index in [0.29, 0.717) is 5.69 Å². The van der Waals surface area contributed by atoms with Gasteiger partial charge >= 0.3 is 5.97 Å². The summed E-state index contributed by atoms with van der Waals surface area (Å²) in [6, 6.07) is -0.916. The second-order valence-electron chi connectivity index (χ2n) is 3.48. The summed E-state index contributed by atoms with van der Waals surface area (Å²) in [6.07, 6.45) is 3.23. The van der Waals surface area contributed by atoms with Crippen LogP contribution in [0.15, 0.2) is 12.5 Å². The van der Waals surface area contributed by atoms with Gasteiger partial charge in [0.25, 0.3) is 6.47 Å². The molecule has 0 aliphatic carbocycles. The Morgan fingerprint density at radius 1 is 1.60 bits per heavy atom. The van der Waals surface area contributed by atoms with Crippen LogP contribution in [0.1, 0.15) is 12.6 Å². The number of nitrogens with one attached hydrogen (secondary N) is 2. The van der Waals surface area contributed by atoms with Gasteiger partial charge in [0.1, 0.15) is 6.04 Å². The fraction of sp³-hybridized carbons (Fsp3) is 0.455. The van der Waals surface area contributed by atoms with E-state index in [1.54, 1.807) is 6.20 Å². The molecule has 0 aliphatic rings. The van der Waals surface area contributed by atoms with Crippen LogP contribution >= 0.6 is 11.8 Å². The highest BCUT2D eigenvalue weighted by atomic mass is 32.2. The number of aromatic amines is 1. The molecule has 1 amide bonds. The Bertz CT molecular complexity index is 410. The summed E-state index contributed by atoms with van der Waals surface area (Å²) in [5.74, 6) is -0.201. The van der Waals surface area contributed by atoms with E-state index in [-0.39, 0.29) is 24.6 Å². The monoisotopic (exact) mass is 303 g/mol. The van der Waals surface area contributed by atoms with Gasteiger partial charge in [-0.2, -0.15) is 11.8 Å². The van der Waals surface area contributed by atoms with Crippen molar-refractivity contribution in [2.45, 2.75) is 19.4 Å². The minimum absolute atomic E-state index is 0.206. The Kier molecular flexibility index (Phi) is 9.75. The fourth-order valence-electron chi connectivity index (χ4n) is 1.25. The number of carbonyl (C=O) groups is 3. The van der Waals surface area contributed by atoms with E-state index in [0.717, 1.165) is 5.75 Å². The second kappa shape index (κ2) is 10.9. The van der Waals surface area contributed by atoms with Crippen LogP contribution in [0.5, 0.6) is 0 Å². The van der Waals surface area contributed by atoms with E-state index in [1.165, 1.54) is 18.1 Å². The van der Waals surface area contributed by atoms with Crippen molar-refractivity contribution < 1.29 is 24.6 Å². The third-order valence-corrected chi connectivity index (χ3v) is 2.92. The van der Waals surface area contributed by atoms with Crippen molar-refractivity contribution in [1.82, 2.24) is 15.3 Å². The summed E-state index contributed by atoms with van der Waals surface area (Å²) in [6.45, 7) is 1.69. The topological polar surface area (TPSA) is 132 Å². The maximum atomic E-state index is 11.4. The molecule has 0 aliphatic heterocycles. The highest BCUT2D eigenvalue weighted by molar-refractivity contribution is 7.99. The van der Waals surface area contributed by atoms with Gasteiger partial charge in [0.2, 0.25) is 5.91 Å². The van der Waals surface area contributed by atoms with Gasteiger partial charge in [-0.05, 0) is 5.75 Å². The number of carboxylic acids is 1. The predicted molar refractivity (Wildman–Crippen MR) is 73.6 cm³/mol. The van der Waals surface area contributed by atoms with Crippen molar-refractivity contribution in [3.8, 4) is 0 Å². The van der Waals surface area contributed by atoms with Gasteiger partial charge in [-0.25, -0.2) is 9.78 Å². The Morgan fingerprint density at radius 3 is 2.70 bits per heavy atom. The van der Waals surface area contributed by atoms with Crippen molar-refractivity contribution in [3.05, 3.63) is 18.2 Å². The van der Waals surface area contributed by atoms with E-state index in [2.05, 4.69) is 15.3 Å². The molecule has 0 fully saturated rings. The van der Waals surface area contributed by atoms with Crippen LogP contribution in [-0.4, -0.2) is 56.1 Å². The van der Waals surface area contributed by atoms with Crippen molar-refractivity contribution in [2.24, 2.45) is 0 Å². The molecule has 1 aromatic heterocycles. The normalized spacial score (nSPS) is 10.8. The minimum Gasteiger partial charge on any atom is -0.483 e.